The zero-order valence-electron chi connectivity index (χ0n) is 27.8. The highest BCUT2D eigenvalue weighted by atomic mass is 16.5. The molecule has 0 radical (unpaired) electrons. The highest BCUT2D eigenvalue weighted by Gasteiger charge is 2.45. The molecule has 2 saturated heterocycles. The molecular formula is C32H56N4O7. The SMILES string of the molecule is CC[C@H](C)[C@@H]([C@@H](CC(=O)N1CCC[C@H]1[C@H](OC)[C@@H](C)C(=O)OC)OC)N(C)C(=O)[C@@H](NC(=O)[C@H]1N[C@@H]2CC[C@H]1C2)C(C)C. The molecule has 246 valence electrons. The zero-order chi connectivity index (χ0) is 32.0. The maximum absolute atomic E-state index is 14.0. The number of likely N-dealkylation sites (tertiary alicyclic amines) is 1. The number of rotatable bonds is 15. The number of nitrogens with zero attached hydrogens (tertiary/aromatic N) is 2. The highest BCUT2D eigenvalue weighted by Crippen LogP contribution is 2.35. The monoisotopic (exact) mass is 608 g/mol. The lowest BCUT2D eigenvalue weighted by Crippen LogP contribution is -2.59. The molecule has 0 unspecified atom stereocenters. The summed E-state index contributed by atoms with van der Waals surface area (Å²) in [5.74, 6) is -1.06. The number of carbonyl (C=O) groups excluding carboxylic acids is 4. The van der Waals surface area contributed by atoms with Gasteiger partial charge in [-0.15, -0.1) is 0 Å². The second-order valence-corrected chi connectivity index (χ2v) is 13.3. The van der Waals surface area contributed by atoms with Crippen LogP contribution in [0, 0.1) is 23.7 Å². The number of methoxy groups -OCH3 is 3. The van der Waals surface area contributed by atoms with Gasteiger partial charge >= 0.3 is 5.97 Å². The number of esters is 1. The zero-order valence-corrected chi connectivity index (χ0v) is 27.8. The Bertz CT molecular complexity index is 977. The summed E-state index contributed by atoms with van der Waals surface area (Å²) in [7, 11) is 6.24. The number of ether oxygens (including phenoxy) is 3. The Labute approximate surface area is 258 Å². The van der Waals surface area contributed by atoms with E-state index < -0.39 is 30.2 Å². The van der Waals surface area contributed by atoms with Crippen molar-refractivity contribution in [1.82, 2.24) is 20.4 Å². The quantitative estimate of drug-likeness (QED) is 0.272. The molecule has 1 aliphatic carbocycles. The number of amides is 3. The summed E-state index contributed by atoms with van der Waals surface area (Å²) >= 11 is 0. The molecule has 10 atom stereocenters. The molecule has 1 saturated carbocycles. The molecule has 3 amide bonds. The number of likely N-dealkylation sites (N-methyl/N-ethyl adjacent to an activating group) is 1. The van der Waals surface area contributed by atoms with E-state index >= 15 is 0 Å². The number of hydrogen-bond acceptors (Lipinski definition) is 8. The summed E-state index contributed by atoms with van der Waals surface area (Å²) in [6.07, 6.45) is 4.50. The van der Waals surface area contributed by atoms with E-state index in [2.05, 4.69) is 24.5 Å². The van der Waals surface area contributed by atoms with Crippen molar-refractivity contribution in [2.24, 2.45) is 23.7 Å². The summed E-state index contributed by atoms with van der Waals surface area (Å²) in [5, 5.41) is 6.49. The molecule has 11 heteroatoms. The minimum absolute atomic E-state index is 0.0305. The first-order chi connectivity index (χ1) is 20.4. The Hall–Kier alpha value is -2.24. The molecule has 3 fully saturated rings. The van der Waals surface area contributed by atoms with E-state index in [0.717, 1.165) is 38.5 Å². The minimum atomic E-state index is -0.691. The minimum Gasteiger partial charge on any atom is -0.469 e. The Morgan fingerprint density at radius 1 is 1.02 bits per heavy atom. The van der Waals surface area contributed by atoms with Gasteiger partial charge in [0, 0.05) is 33.9 Å². The molecule has 3 rings (SSSR count). The third kappa shape index (κ3) is 7.89. The van der Waals surface area contributed by atoms with E-state index in [1.165, 1.54) is 7.11 Å². The van der Waals surface area contributed by atoms with Crippen molar-refractivity contribution in [2.45, 2.75) is 122 Å². The molecule has 2 heterocycles. The second kappa shape index (κ2) is 15.7. The Morgan fingerprint density at radius 2 is 1.72 bits per heavy atom. The number of carbonyl (C=O) groups is 4. The molecule has 3 aliphatic rings. The third-order valence-electron chi connectivity index (χ3n) is 10.3. The Morgan fingerprint density at radius 3 is 2.23 bits per heavy atom. The van der Waals surface area contributed by atoms with Crippen molar-refractivity contribution >= 4 is 23.7 Å². The van der Waals surface area contributed by atoms with Gasteiger partial charge in [0.05, 0.1) is 49.8 Å². The standard InChI is InChI=1S/C32H56N4O7/c1-10-19(4)28(35(6)31(39)26(18(2)3)34-30(38)27-21-13-14-22(16-21)33-27)24(41-7)17-25(37)36-15-11-12-23(36)29(42-8)20(5)32(40)43-9/h18-24,26-29,33H,10-17H2,1-9H3,(H,34,38)/t19-,20+,21-,22+,23-,24+,26-,27-,28-,29+/m0/s1. The second-order valence-electron chi connectivity index (χ2n) is 13.3. The molecule has 2 N–H and O–H groups in total. The predicted molar refractivity (Wildman–Crippen MR) is 163 cm³/mol. The summed E-state index contributed by atoms with van der Waals surface area (Å²) in [4.78, 5) is 56.9. The van der Waals surface area contributed by atoms with E-state index in [4.69, 9.17) is 14.2 Å². The first kappa shape index (κ1) is 35.2. The lowest BCUT2D eigenvalue weighted by molar-refractivity contribution is -0.154. The fraction of sp³-hybridized carbons (Fsp3) is 0.875. The maximum atomic E-state index is 14.0. The normalized spacial score (nSPS) is 27.3. The molecular weight excluding hydrogens is 552 g/mol. The van der Waals surface area contributed by atoms with Gasteiger partial charge in [-0.05, 0) is 56.8 Å². The number of fused-ring (bicyclic) bond motifs is 2. The van der Waals surface area contributed by atoms with Gasteiger partial charge in [0.25, 0.3) is 0 Å². The summed E-state index contributed by atoms with van der Waals surface area (Å²) in [6.45, 7) is 10.3. The van der Waals surface area contributed by atoms with Crippen molar-refractivity contribution in [3.63, 3.8) is 0 Å². The first-order valence-corrected chi connectivity index (χ1v) is 16.2. The maximum Gasteiger partial charge on any atom is 0.311 e. The van der Waals surface area contributed by atoms with Gasteiger partial charge in [-0.3, -0.25) is 19.2 Å². The summed E-state index contributed by atoms with van der Waals surface area (Å²) in [6, 6.07) is -1.20. The molecule has 2 aliphatic heterocycles. The van der Waals surface area contributed by atoms with Crippen LogP contribution < -0.4 is 10.6 Å². The largest absolute Gasteiger partial charge is 0.469 e. The number of piperidine rings is 1. The van der Waals surface area contributed by atoms with Gasteiger partial charge < -0.3 is 34.6 Å². The van der Waals surface area contributed by atoms with E-state index in [1.807, 2.05) is 13.8 Å². The lowest BCUT2D eigenvalue weighted by atomic mass is 9.89. The van der Waals surface area contributed by atoms with Gasteiger partial charge in [-0.1, -0.05) is 34.1 Å². The molecule has 0 spiro atoms. The average Bonchev–Trinajstić information content (AvgIpc) is 3.76. The van der Waals surface area contributed by atoms with E-state index in [9.17, 15) is 19.2 Å². The highest BCUT2D eigenvalue weighted by molar-refractivity contribution is 5.90. The molecule has 0 aromatic carbocycles. The molecule has 11 nitrogen and oxygen atoms in total. The van der Waals surface area contributed by atoms with Crippen LogP contribution in [0.4, 0.5) is 0 Å². The summed E-state index contributed by atoms with van der Waals surface area (Å²) < 4.78 is 16.6. The van der Waals surface area contributed by atoms with Crippen molar-refractivity contribution < 1.29 is 33.4 Å². The van der Waals surface area contributed by atoms with Crippen LogP contribution in [0.5, 0.6) is 0 Å². The van der Waals surface area contributed by atoms with Crippen molar-refractivity contribution in [3.8, 4) is 0 Å². The van der Waals surface area contributed by atoms with Crippen LogP contribution in [-0.2, 0) is 33.4 Å². The Kier molecular flexibility index (Phi) is 12.8. The summed E-state index contributed by atoms with van der Waals surface area (Å²) in [5.41, 5.74) is 0. The van der Waals surface area contributed by atoms with E-state index in [1.54, 1.807) is 38.0 Å². The smallest absolute Gasteiger partial charge is 0.311 e. The topological polar surface area (TPSA) is 127 Å². The Balaban J connectivity index is 1.76. The number of hydrogen-bond donors (Lipinski definition) is 2. The lowest BCUT2D eigenvalue weighted by Gasteiger charge is -2.41. The fourth-order valence-corrected chi connectivity index (χ4v) is 7.60. The van der Waals surface area contributed by atoms with Gasteiger partial charge in [-0.25, -0.2) is 0 Å². The fourth-order valence-electron chi connectivity index (χ4n) is 7.60. The molecule has 43 heavy (non-hydrogen) atoms. The van der Waals surface area contributed by atoms with E-state index in [-0.39, 0.29) is 54.0 Å². The average molecular weight is 609 g/mol. The van der Waals surface area contributed by atoms with Crippen LogP contribution in [0.25, 0.3) is 0 Å². The molecule has 0 aromatic rings. The van der Waals surface area contributed by atoms with Crippen LogP contribution in [0.15, 0.2) is 0 Å². The van der Waals surface area contributed by atoms with Crippen LogP contribution in [-0.4, -0.2) is 111 Å². The molecule has 0 aromatic heterocycles. The van der Waals surface area contributed by atoms with Gasteiger partial charge in [-0.2, -0.15) is 0 Å². The van der Waals surface area contributed by atoms with Crippen LogP contribution >= 0.6 is 0 Å². The number of nitrogens with one attached hydrogen (secondary N) is 2. The van der Waals surface area contributed by atoms with Gasteiger partial charge in [0.1, 0.15) is 6.04 Å². The van der Waals surface area contributed by atoms with Gasteiger partial charge in [0.2, 0.25) is 17.7 Å². The van der Waals surface area contributed by atoms with Crippen molar-refractivity contribution in [1.29, 1.82) is 0 Å². The van der Waals surface area contributed by atoms with Crippen LogP contribution in [0.3, 0.4) is 0 Å². The van der Waals surface area contributed by atoms with E-state index in [0.29, 0.717) is 18.5 Å². The van der Waals surface area contributed by atoms with Crippen LogP contribution in [0.1, 0.15) is 79.6 Å². The third-order valence-corrected chi connectivity index (χ3v) is 10.3. The van der Waals surface area contributed by atoms with Crippen LogP contribution in [0.2, 0.25) is 0 Å². The van der Waals surface area contributed by atoms with Crippen molar-refractivity contribution in [2.75, 3.05) is 34.9 Å². The van der Waals surface area contributed by atoms with Gasteiger partial charge in [0.15, 0.2) is 0 Å². The predicted octanol–water partition coefficient (Wildman–Crippen LogP) is 2.36. The molecule has 2 bridgehead atoms. The first-order valence-electron chi connectivity index (χ1n) is 16.2. The van der Waals surface area contributed by atoms with Crippen molar-refractivity contribution in [3.05, 3.63) is 0 Å².